The molecule has 1 N–H and O–H groups in total. The lowest BCUT2D eigenvalue weighted by atomic mass is 9.90. The van der Waals surface area contributed by atoms with Crippen LogP contribution in [0.15, 0.2) is 42.5 Å². The quantitative estimate of drug-likeness (QED) is 0.815. The number of carbonyl (C=O) groups excluding carboxylic acids is 1. The summed E-state index contributed by atoms with van der Waals surface area (Å²) in [6, 6.07) is 14.6. The van der Waals surface area contributed by atoms with Crippen molar-refractivity contribution in [2.45, 2.75) is 38.1 Å². The lowest BCUT2D eigenvalue weighted by molar-refractivity contribution is -0.120. The third kappa shape index (κ3) is 4.89. The number of para-hydroxylation sites is 1. The standard InChI is InChI=1S/C23H30N2O2/c1-25(2)21(20-10-6-7-11-22(20)27-3)16-24-23(26)15-17-12-13-18-8-4-5-9-19(18)14-17/h6-7,10-14,21H,4-5,8-9,15-16H2,1-3H3,(H,24,26). The SMILES string of the molecule is COc1ccccc1C(CNC(=O)Cc1ccc2c(c1)CCCC2)N(C)C. The van der Waals surface area contributed by atoms with Crippen molar-refractivity contribution in [3.05, 3.63) is 64.7 Å². The fourth-order valence-electron chi connectivity index (χ4n) is 3.87. The van der Waals surface area contributed by atoms with Crippen LogP contribution in [-0.2, 0) is 24.1 Å². The Labute approximate surface area is 162 Å². The summed E-state index contributed by atoms with van der Waals surface area (Å²) in [4.78, 5) is 14.6. The van der Waals surface area contributed by atoms with Crippen LogP contribution in [0.3, 0.4) is 0 Å². The molecule has 0 radical (unpaired) electrons. The van der Waals surface area contributed by atoms with E-state index in [-0.39, 0.29) is 11.9 Å². The fourth-order valence-corrected chi connectivity index (χ4v) is 3.87. The van der Waals surface area contributed by atoms with E-state index in [2.05, 4.69) is 34.5 Å². The van der Waals surface area contributed by atoms with Crippen molar-refractivity contribution in [1.82, 2.24) is 10.2 Å². The van der Waals surface area contributed by atoms with E-state index in [1.165, 1.54) is 30.4 Å². The molecule has 2 aromatic rings. The van der Waals surface area contributed by atoms with E-state index in [0.29, 0.717) is 13.0 Å². The van der Waals surface area contributed by atoms with Gasteiger partial charge in [-0.2, -0.15) is 0 Å². The minimum Gasteiger partial charge on any atom is -0.496 e. The number of hydrogen-bond acceptors (Lipinski definition) is 3. The molecule has 0 heterocycles. The molecule has 1 amide bonds. The van der Waals surface area contributed by atoms with Gasteiger partial charge in [-0.15, -0.1) is 0 Å². The molecule has 0 aliphatic heterocycles. The predicted octanol–water partition coefficient (Wildman–Crippen LogP) is 3.54. The molecule has 1 unspecified atom stereocenters. The maximum Gasteiger partial charge on any atom is 0.224 e. The van der Waals surface area contributed by atoms with Crippen LogP contribution in [0.5, 0.6) is 5.75 Å². The van der Waals surface area contributed by atoms with Gasteiger partial charge < -0.3 is 15.0 Å². The second-order valence-electron chi connectivity index (χ2n) is 7.51. The summed E-state index contributed by atoms with van der Waals surface area (Å²) in [5.41, 5.74) is 5.06. The lowest BCUT2D eigenvalue weighted by Crippen LogP contribution is -2.35. The third-order valence-corrected chi connectivity index (χ3v) is 5.39. The molecular weight excluding hydrogens is 336 g/mol. The Hall–Kier alpha value is -2.33. The van der Waals surface area contributed by atoms with Crippen LogP contribution in [0.25, 0.3) is 0 Å². The van der Waals surface area contributed by atoms with E-state index >= 15 is 0 Å². The van der Waals surface area contributed by atoms with Crippen LogP contribution >= 0.6 is 0 Å². The van der Waals surface area contributed by atoms with E-state index in [4.69, 9.17) is 4.74 Å². The summed E-state index contributed by atoms with van der Waals surface area (Å²) in [6.45, 7) is 0.553. The molecule has 2 aromatic carbocycles. The average Bonchev–Trinajstić information content (AvgIpc) is 2.68. The molecule has 144 valence electrons. The van der Waals surface area contributed by atoms with Crippen LogP contribution in [0, 0.1) is 0 Å². The van der Waals surface area contributed by atoms with Gasteiger partial charge in [-0.25, -0.2) is 0 Å². The maximum absolute atomic E-state index is 12.5. The first-order valence-corrected chi connectivity index (χ1v) is 9.75. The Bertz CT molecular complexity index is 786. The average molecular weight is 367 g/mol. The summed E-state index contributed by atoms with van der Waals surface area (Å²) >= 11 is 0. The molecule has 0 aromatic heterocycles. The molecular formula is C23H30N2O2. The Morgan fingerprint density at radius 2 is 1.85 bits per heavy atom. The van der Waals surface area contributed by atoms with Crippen molar-refractivity contribution >= 4 is 5.91 Å². The number of benzene rings is 2. The van der Waals surface area contributed by atoms with Crippen molar-refractivity contribution in [3.63, 3.8) is 0 Å². The van der Waals surface area contributed by atoms with Gasteiger partial charge in [0.15, 0.2) is 0 Å². The van der Waals surface area contributed by atoms with Crippen LogP contribution < -0.4 is 10.1 Å². The zero-order chi connectivity index (χ0) is 19.2. The lowest BCUT2D eigenvalue weighted by Gasteiger charge is -2.26. The number of nitrogens with zero attached hydrogens (tertiary/aromatic N) is 1. The van der Waals surface area contributed by atoms with E-state index < -0.39 is 0 Å². The van der Waals surface area contributed by atoms with Crippen molar-refractivity contribution in [2.24, 2.45) is 0 Å². The highest BCUT2D eigenvalue weighted by molar-refractivity contribution is 5.78. The van der Waals surface area contributed by atoms with Gasteiger partial charge in [-0.1, -0.05) is 36.4 Å². The number of methoxy groups -OCH3 is 1. The largest absolute Gasteiger partial charge is 0.496 e. The molecule has 4 heteroatoms. The number of likely N-dealkylation sites (N-methyl/N-ethyl adjacent to an activating group) is 1. The molecule has 27 heavy (non-hydrogen) atoms. The molecule has 0 saturated heterocycles. The van der Waals surface area contributed by atoms with Gasteiger partial charge in [0.1, 0.15) is 5.75 Å². The molecule has 0 fully saturated rings. The zero-order valence-corrected chi connectivity index (χ0v) is 16.6. The number of aryl methyl sites for hydroxylation is 2. The van der Waals surface area contributed by atoms with Crippen LogP contribution in [0.1, 0.15) is 41.1 Å². The predicted molar refractivity (Wildman–Crippen MR) is 109 cm³/mol. The molecule has 0 spiro atoms. The van der Waals surface area contributed by atoms with Gasteiger partial charge in [0, 0.05) is 12.1 Å². The highest BCUT2D eigenvalue weighted by atomic mass is 16.5. The van der Waals surface area contributed by atoms with Crippen molar-refractivity contribution < 1.29 is 9.53 Å². The van der Waals surface area contributed by atoms with E-state index in [9.17, 15) is 4.79 Å². The molecule has 1 aliphatic rings. The summed E-state index contributed by atoms with van der Waals surface area (Å²) in [5.74, 6) is 0.910. The normalized spacial score (nSPS) is 14.5. The topological polar surface area (TPSA) is 41.6 Å². The summed E-state index contributed by atoms with van der Waals surface area (Å²) in [5, 5.41) is 3.11. The van der Waals surface area contributed by atoms with Crippen molar-refractivity contribution in [3.8, 4) is 5.75 Å². The Morgan fingerprint density at radius 3 is 2.59 bits per heavy atom. The van der Waals surface area contributed by atoms with E-state index in [1.807, 2.05) is 32.3 Å². The number of fused-ring (bicyclic) bond motifs is 1. The van der Waals surface area contributed by atoms with Crippen LogP contribution in [0.4, 0.5) is 0 Å². The Balaban J connectivity index is 1.63. The third-order valence-electron chi connectivity index (χ3n) is 5.39. The minimum atomic E-state index is 0.0625. The number of hydrogen-bond donors (Lipinski definition) is 1. The smallest absolute Gasteiger partial charge is 0.224 e. The van der Waals surface area contributed by atoms with Crippen LogP contribution in [-0.4, -0.2) is 38.6 Å². The highest BCUT2D eigenvalue weighted by Crippen LogP contribution is 2.27. The number of amides is 1. The van der Waals surface area contributed by atoms with Gasteiger partial charge in [0.25, 0.3) is 0 Å². The molecule has 3 rings (SSSR count). The van der Waals surface area contributed by atoms with Crippen molar-refractivity contribution in [2.75, 3.05) is 27.7 Å². The maximum atomic E-state index is 12.5. The number of ether oxygens (including phenoxy) is 1. The van der Waals surface area contributed by atoms with Crippen LogP contribution in [0.2, 0.25) is 0 Å². The fraction of sp³-hybridized carbons (Fsp3) is 0.435. The summed E-state index contributed by atoms with van der Waals surface area (Å²) in [7, 11) is 5.72. The van der Waals surface area contributed by atoms with Gasteiger partial charge >= 0.3 is 0 Å². The van der Waals surface area contributed by atoms with Gasteiger partial charge in [0.2, 0.25) is 5.91 Å². The number of nitrogens with one attached hydrogen (secondary N) is 1. The second kappa shape index (κ2) is 9.05. The zero-order valence-electron chi connectivity index (χ0n) is 16.6. The first-order valence-electron chi connectivity index (χ1n) is 9.75. The van der Waals surface area contributed by atoms with E-state index in [0.717, 1.165) is 23.3 Å². The first kappa shape index (κ1) is 19.4. The number of rotatable bonds is 7. The van der Waals surface area contributed by atoms with Gasteiger partial charge in [-0.05, 0) is 62.5 Å². The molecule has 0 saturated carbocycles. The molecule has 0 bridgehead atoms. The highest BCUT2D eigenvalue weighted by Gasteiger charge is 2.19. The molecule has 1 atom stereocenters. The molecule has 1 aliphatic carbocycles. The van der Waals surface area contributed by atoms with Crippen molar-refractivity contribution in [1.29, 1.82) is 0 Å². The Kier molecular flexibility index (Phi) is 6.51. The Morgan fingerprint density at radius 1 is 1.11 bits per heavy atom. The van der Waals surface area contributed by atoms with E-state index in [1.54, 1.807) is 7.11 Å². The minimum absolute atomic E-state index is 0.0625. The molecule has 4 nitrogen and oxygen atoms in total. The summed E-state index contributed by atoms with van der Waals surface area (Å²) < 4.78 is 5.49. The number of carbonyl (C=O) groups is 1. The summed E-state index contributed by atoms with van der Waals surface area (Å²) in [6.07, 6.45) is 5.28. The van der Waals surface area contributed by atoms with Gasteiger partial charge in [0.05, 0.1) is 19.6 Å². The van der Waals surface area contributed by atoms with Gasteiger partial charge in [-0.3, -0.25) is 4.79 Å². The first-order chi connectivity index (χ1) is 13.1. The monoisotopic (exact) mass is 366 g/mol. The second-order valence-corrected chi connectivity index (χ2v) is 7.51.